The molecule has 0 fully saturated rings. The number of ether oxygens (including phenoxy) is 4. The van der Waals surface area contributed by atoms with E-state index in [0.717, 1.165) is 6.08 Å². The zero-order chi connectivity index (χ0) is 25.8. The van der Waals surface area contributed by atoms with Crippen molar-refractivity contribution in [2.24, 2.45) is 0 Å². The minimum atomic E-state index is -1.01. The highest BCUT2D eigenvalue weighted by molar-refractivity contribution is 5.97. The van der Waals surface area contributed by atoms with Crippen molar-refractivity contribution >= 4 is 35.7 Å². The summed E-state index contributed by atoms with van der Waals surface area (Å²) in [6.07, 6.45) is 0.780. The van der Waals surface area contributed by atoms with Gasteiger partial charge in [-0.2, -0.15) is 0 Å². The second kappa shape index (κ2) is 13.2. The molecular formula is C21H32N2O10. The fourth-order valence-electron chi connectivity index (χ4n) is 1.86. The summed E-state index contributed by atoms with van der Waals surface area (Å²) in [4.78, 5) is 69.8. The lowest BCUT2D eigenvalue weighted by Crippen LogP contribution is -2.36. The van der Waals surface area contributed by atoms with Gasteiger partial charge in [-0.05, 0) is 48.5 Å². The van der Waals surface area contributed by atoms with Gasteiger partial charge in [0.1, 0.15) is 24.3 Å². The Morgan fingerprint density at radius 2 is 1.09 bits per heavy atom. The van der Waals surface area contributed by atoms with Crippen LogP contribution in [0.25, 0.3) is 0 Å². The highest BCUT2D eigenvalue weighted by Gasteiger charge is 2.18. The van der Waals surface area contributed by atoms with Crippen LogP contribution in [0.4, 0.5) is 0 Å². The minimum Gasteiger partial charge on any atom is -0.459 e. The maximum Gasteiger partial charge on any atom is 0.334 e. The van der Waals surface area contributed by atoms with E-state index < -0.39 is 73.2 Å². The van der Waals surface area contributed by atoms with Gasteiger partial charge >= 0.3 is 23.9 Å². The van der Waals surface area contributed by atoms with Crippen LogP contribution in [-0.4, -0.2) is 73.2 Å². The van der Waals surface area contributed by atoms with Gasteiger partial charge in [-0.3, -0.25) is 19.2 Å². The van der Waals surface area contributed by atoms with Crippen molar-refractivity contribution < 1.29 is 47.7 Å². The molecule has 2 N–H and O–H groups in total. The summed E-state index contributed by atoms with van der Waals surface area (Å²) in [7, 11) is 0. The summed E-state index contributed by atoms with van der Waals surface area (Å²) in [6, 6.07) is 0. The normalized spacial score (nSPS) is 11.7. The number of carbonyl (C=O) groups excluding carboxylic acids is 6. The van der Waals surface area contributed by atoms with E-state index in [0.29, 0.717) is 0 Å². The van der Waals surface area contributed by atoms with Gasteiger partial charge in [0.2, 0.25) is 0 Å². The van der Waals surface area contributed by atoms with E-state index in [9.17, 15) is 28.8 Å². The van der Waals surface area contributed by atoms with E-state index in [1.807, 2.05) is 0 Å². The largest absolute Gasteiger partial charge is 0.459 e. The summed E-state index contributed by atoms with van der Waals surface area (Å²) in [5, 5.41) is 4.45. The van der Waals surface area contributed by atoms with Crippen molar-refractivity contribution in [3.8, 4) is 0 Å². The molecule has 0 aliphatic heterocycles. The van der Waals surface area contributed by atoms with E-state index in [1.54, 1.807) is 41.5 Å². The molecule has 0 radical (unpaired) electrons. The van der Waals surface area contributed by atoms with Crippen molar-refractivity contribution in [2.45, 2.75) is 59.7 Å². The Bertz CT molecular complexity index is 788. The number of nitrogens with one attached hydrogen (secondary N) is 2. The molecular weight excluding hydrogens is 440 g/mol. The van der Waals surface area contributed by atoms with Crippen molar-refractivity contribution in [3.63, 3.8) is 0 Å². The van der Waals surface area contributed by atoms with Gasteiger partial charge in [-0.25, -0.2) is 9.59 Å². The molecule has 0 bridgehead atoms. The molecule has 0 saturated carbocycles. The maximum absolute atomic E-state index is 11.8. The number of rotatable bonds is 10. The number of carbonyl (C=O) groups is 6. The monoisotopic (exact) mass is 472 g/mol. The molecule has 0 saturated heterocycles. The molecule has 0 heterocycles. The first kappa shape index (κ1) is 29.6. The van der Waals surface area contributed by atoms with Crippen LogP contribution in [0, 0.1) is 0 Å². The quantitative estimate of drug-likeness (QED) is 0.250. The van der Waals surface area contributed by atoms with E-state index in [2.05, 4.69) is 15.4 Å². The molecule has 0 atom stereocenters. The minimum absolute atomic E-state index is 0.186. The maximum atomic E-state index is 11.8. The zero-order valence-corrected chi connectivity index (χ0v) is 20.0. The molecule has 0 aliphatic rings. The van der Waals surface area contributed by atoms with Crippen LogP contribution >= 0.6 is 0 Å². The van der Waals surface area contributed by atoms with Gasteiger partial charge < -0.3 is 29.6 Å². The molecule has 33 heavy (non-hydrogen) atoms. The van der Waals surface area contributed by atoms with Crippen molar-refractivity contribution in [1.29, 1.82) is 0 Å². The molecule has 0 aromatic rings. The highest BCUT2D eigenvalue weighted by atomic mass is 16.6. The van der Waals surface area contributed by atoms with Crippen molar-refractivity contribution in [2.75, 3.05) is 26.3 Å². The van der Waals surface area contributed by atoms with Crippen LogP contribution in [0.1, 0.15) is 48.5 Å². The van der Waals surface area contributed by atoms with Gasteiger partial charge in [0.25, 0.3) is 11.8 Å². The van der Waals surface area contributed by atoms with Gasteiger partial charge in [0, 0.05) is 11.6 Å². The fraction of sp³-hybridized carbons (Fsp3) is 0.619. The predicted octanol–water partition coefficient (Wildman–Crippen LogP) is -0.0651. The van der Waals surface area contributed by atoms with Gasteiger partial charge in [-0.1, -0.05) is 0 Å². The predicted molar refractivity (Wildman–Crippen MR) is 113 cm³/mol. The third-order valence-electron chi connectivity index (χ3n) is 3.04. The van der Waals surface area contributed by atoms with Crippen molar-refractivity contribution in [1.82, 2.24) is 10.6 Å². The molecule has 0 aromatic carbocycles. The molecule has 12 nitrogen and oxygen atoms in total. The molecule has 186 valence electrons. The van der Waals surface area contributed by atoms with Crippen LogP contribution in [0.3, 0.4) is 0 Å². The van der Waals surface area contributed by atoms with Crippen LogP contribution < -0.4 is 10.6 Å². The first-order valence-electron chi connectivity index (χ1n) is 9.98. The Balaban J connectivity index is 4.29. The molecule has 0 unspecified atom stereocenters. The summed E-state index contributed by atoms with van der Waals surface area (Å²) >= 11 is 0. The zero-order valence-electron chi connectivity index (χ0n) is 20.0. The summed E-state index contributed by atoms with van der Waals surface area (Å²) < 4.78 is 19.4. The second-order valence-electron chi connectivity index (χ2n) is 8.74. The average Bonchev–Trinajstić information content (AvgIpc) is 2.64. The van der Waals surface area contributed by atoms with Crippen LogP contribution in [0.5, 0.6) is 0 Å². The van der Waals surface area contributed by atoms with Gasteiger partial charge in [-0.15, -0.1) is 0 Å². The summed E-state index contributed by atoms with van der Waals surface area (Å²) in [5.74, 6) is -4.79. The third kappa shape index (κ3) is 16.9. The first-order valence-corrected chi connectivity index (χ1v) is 9.98. The van der Waals surface area contributed by atoms with E-state index in [4.69, 9.17) is 14.2 Å². The Hall–Kier alpha value is -3.44. The lowest BCUT2D eigenvalue weighted by Gasteiger charge is -2.19. The van der Waals surface area contributed by atoms with Gasteiger partial charge in [0.05, 0.1) is 0 Å². The number of hydrogen-bond acceptors (Lipinski definition) is 10. The smallest absolute Gasteiger partial charge is 0.334 e. The Morgan fingerprint density at radius 1 is 0.697 bits per heavy atom. The van der Waals surface area contributed by atoms with E-state index >= 15 is 0 Å². The van der Waals surface area contributed by atoms with E-state index in [-0.39, 0.29) is 5.57 Å². The molecule has 0 aromatic heterocycles. The molecule has 12 heteroatoms. The summed E-state index contributed by atoms with van der Waals surface area (Å²) in [5.41, 5.74) is -1.60. The summed E-state index contributed by atoms with van der Waals surface area (Å²) in [6.45, 7) is 9.10. The van der Waals surface area contributed by atoms with Crippen LogP contribution in [0.2, 0.25) is 0 Å². The Kier molecular flexibility index (Phi) is 11.8. The lowest BCUT2D eigenvalue weighted by molar-refractivity contribution is -0.155. The van der Waals surface area contributed by atoms with Crippen LogP contribution in [-0.2, 0) is 47.7 Å². The molecule has 2 amide bonds. The fourth-order valence-corrected chi connectivity index (χ4v) is 1.86. The second-order valence-corrected chi connectivity index (χ2v) is 8.74. The van der Waals surface area contributed by atoms with E-state index in [1.165, 1.54) is 6.92 Å². The third-order valence-corrected chi connectivity index (χ3v) is 3.04. The number of amides is 2. The Labute approximate surface area is 192 Å². The molecule has 0 spiro atoms. The number of hydrogen-bond donors (Lipinski definition) is 2. The topological polar surface area (TPSA) is 163 Å². The SMILES string of the molecule is C/C(=C\C(=O)OCC(=O)NCC(=O)OC(C)(C)C)C(=O)OCC(=O)NCC(=O)OC(C)(C)C. The lowest BCUT2D eigenvalue weighted by atomic mass is 10.2. The van der Waals surface area contributed by atoms with Crippen LogP contribution in [0.15, 0.2) is 11.6 Å². The first-order chi connectivity index (χ1) is 15.0. The van der Waals surface area contributed by atoms with Gasteiger partial charge in [0.15, 0.2) is 13.2 Å². The standard InChI is InChI=1S/C21H32N2O10/c1-13(19(29)31-12-15(25)23-10-18(28)33-21(5,6)7)8-16(26)30-11-14(24)22-9-17(27)32-20(2,3)4/h8H,9-12H2,1-7H3,(H,22,24)(H,23,25)/b13-8+. The number of esters is 4. The Morgan fingerprint density at radius 3 is 1.48 bits per heavy atom. The average molecular weight is 472 g/mol. The van der Waals surface area contributed by atoms with Crippen molar-refractivity contribution in [3.05, 3.63) is 11.6 Å². The molecule has 0 rings (SSSR count). The highest BCUT2D eigenvalue weighted by Crippen LogP contribution is 2.07. The molecule has 0 aliphatic carbocycles.